The van der Waals surface area contributed by atoms with Crippen molar-refractivity contribution in [3.63, 3.8) is 0 Å². The van der Waals surface area contributed by atoms with Crippen molar-refractivity contribution in [1.82, 2.24) is 0 Å². The van der Waals surface area contributed by atoms with Gasteiger partial charge in [0, 0.05) is 34.9 Å². The monoisotopic (exact) mass is 902 g/mol. The number of phosphoric ester groups is 1. The fourth-order valence-electron chi connectivity index (χ4n) is 6.71. The van der Waals surface area contributed by atoms with Crippen LogP contribution in [0.15, 0.2) is 137 Å². The van der Waals surface area contributed by atoms with Crippen molar-refractivity contribution in [3.8, 4) is 103 Å². The molecule has 0 atom stereocenters. The molecule has 0 fully saturated rings. The smallest absolute Gasteiger partial charge is 0.508 e. The summed E-state index contributed by atoms with van der Waals surface area (Å²) >= 11 is 0. The minimum atomic E-state index is -5.55. The van der Waals surface area contributed by atoms with Gasteiger partial charge in [0.1, 0.15) is 34.0 Å². The zero-order valence-electron chi connectivity index (χ0n) is 32.4. The zero-order valence-corrected chi connectivity index (χ0v) is 33.3. The quantitative estimate of drug-likeness (QED) is 0.0619. The minimum Gasteiger partial charge on any atom is -0.508 e. The molecule has 0 saturated heterocycles. The van der Waals surface area contributed by atoms with Crippen LogP contribution in [0.5, 0.6) is 69.0 Å². The molecule has 20 heteroatoms. The third-order valence-electron chi connectivity index (χ3n) is 9.85. The first-order valence-electron chi connectivity index (χ1n) is 18.6. The molecular formula is C45H27O19P. The van der Waals surface area contributed by atoms with Crippen LogP contribution < -0.4 is 29.9 Å². The van der Waals surface area contributed by atoms with Crippen LogP contribution in [0, 0.1) is 0 Å². The van der Waals surface area contributed by atoms with Gasteiger partial charge in [-0.2, -0.15) is 4.57 Å². The van der Waals surface area contributed by atoms with Gasteiger partial charge in [0.05, 0.1) is 16.2 Å². The molecule has 326 valence electrons. The fraction of sp³-hybridized carbons (Fsp3) is 0. The molecule has 65 heavy (non-hydrogen) atoms. The van der Waals surface area contributed by atoms with Crippen molar-refractivity contribution in [2.24, 2.45) is 0 Å². The molecule has 3 aromatic heterocycles. The summed E-state index contributed by atoms with van der Waals surface area (Å²) < 4.78 is 49.4. The van der Waals surface area contributed by atoms with Gasteiger partial charge in [0.2, 0.25) is 33.5 Å². The predicted octanol–water partition coefficient (Wildman–Crippen LogP) is 8.00. The van der Waals surface area contributed by atoms with E-state index >= 15 is 4.57 Å². The van der Waals surface area contributed by atoms with Gasteiger partial charge in [-0.05, 0) is 91.0 Å². The highest BCUT2D eigenvalue weighted by Crippen LogP contribution is 2.56. The summed E-state index contributed by atoms with van der Waals surface area (Å²) in [4.78, 5) is 39.2. The van der Waals surface area contributed by atoms with Gasteiger partial charge in [0.15, 0.2) is 51.8 Å². The van der Waals surface area contributed by atoms with Gasteiger partial charge in [-0.3, -0.25) is 14.4 Å². The first-order valence-corrected chi connectivity index (χ1v) is 20.1. The molecule has 0 spiro atoms. The van der Waals surface area contributed by atoms with Gasteiger partial charge in [-0.1, -0.05) is 0 Å². The third-order valence-corrected chi connectivity index (χ3v) is 11.1. The predicted molar refractivity (Wildman–Crippen MR) is 228 cm³/mol. The number of hydrogen-bond acceptors (Lipinski definition) is 19. The molecule has 0 aliphatic heterocycles. The minimum absolute atomic E-state index is 0.0986. The Bertz CT molecular complexity index is 3320. The number of rotatable bonds is 9. The molecule has 0 unspecified atom stereocenters. The van der Waals surface area contributed by atoms with E-state index in [1.807, 2.05) is 0 Å². The van der Waals surface area contributed by atoms with E-state index in [-0.39, 0.29) is 66.8 Å². The van der Waals surface area contributed by atoms with E-state index < -0.39 is 93.1 Å². The van der Waals surface area contributed by atoms with Crippen LogP contribution in [0.1, 0.15) is 0 Å². The maximum Gasteiger partial charge on any atom is 0.647 e. The van der Waals surface area contributed by atoms with Crippen molar-refractivity contribution in [2.45, 2.75) is 0 Å². The maximum absolute atomic E-state index is 15.1. The van der Waals surface area contributed by atoms with Crippen molar-refractivity contribution in [2.75, 3.05) is 0 Å². The summed E-state index contributed by atoms with van der Waals surface area (Å²) in [5, 5.41) is 95.4. The number of aromatic hydroxyl groups is 9. The second-order valence-corrected chi connectivity index (χ2v) is 15.6. The molecule has 0 aliphatic rings. The zero-order chi connectivity index (χ0) is 46.1. The van der Waals surface area contributed by atoms with Crippen LogP contribution >= 0.6 is 7.82 Å². The Morgan fingerprint density at radius 1 is 0.369 bits per heavy atom. The number of phenols is 6. The summed E-state index contributed by atoms with van der Waals surface area (Å²) in [6, 6.07) is 19.8. The van der Waals surface area contributed by atoms with E-state index in [2.05, 4.69) is 0 Å². The SMILES string of the molecule is O=c1c(O)c(-c2ccc(O)c(OP(=O)(Oc3cc(-c4oc5cc(O)ccc5c(=O)c4O)ccc3O)Oc3cc(-c4oc5cc(O)ccc5c(=O)c4O)ccc3O)c2)oc2cc(O)ccc12. The molecule has 9 N–H and O–H groups in total. The first-order chi connectivity index (χ1) is 31.0. The molecule has 0 aliphatic carbocycles. The van der Waals surface area contributed by atoms with E-state index in [1.165, 1.54) is 54.6 Å². The normalized spacial score (nSPS) is 11.6. The van der Waals surface area contributed by atoms with Gasteiger partial charge >= 0.3 is 7.82 Å². The molecule has 0 bridgehead atoms. The summed E-state index contributed by atoms with van der Waals surface area (Å²) in [6.45, 7) is 0. The summed E-state index contributed by atoms with van der Waals surface area (Å²) in [5.74, 6) is -9.64. The second kappa shape index (κ2) is 15.3. The Morgan fingerprint density at radius 2 is 0.646 bits per heavy atom. The van der Waals surface area contributed by atoms with E-state index in [0.717, 1.165) is 54.6 Å². The summed E-state index contributed by atoms with van der Waals surface area (Å²) in [5.41, 5.74) is -3.73. The van der Waals surface area contributed by atoms with Crippen LogP contribution in [0.25, 0.3) is 66.9 Å². The Morgan fingerprint density at radius 3 is 0.923 bits per heavy atom. The average Bonchev–Trinajstić information content (AvgIpc) is 3.27. The standard InChI is InChI=1S/C45H27O19P/c46-22-4-7-25-31(16-22)59-43(40(55)37(25)52)19-1-10-28(49)34(13-19)62-65(58,63-35-14-20(2-11-29(35)50)44-41(56)38(53)26-8-5-23(47)17-32(26)60-44)64-36-15-21(3-12-30(36)51)45-42(57)39(54)27-9-6-24(48)18-33(27)61-45/h1-18,46-51,55-57H. The summed E-state index contributed by atoms with van der Waals surface area (Å²) in [6.07, 6.45) is 0. The molecule has 6 aromatic carbocycles. The van der Waals surface area contributed by atoms with Crippen LogP contribution in [0.4, 0.5) is 0 Å². The Balaban J connectivity index is 1.17. The topological polar surface area (TPSA) is 317 Å². The van der Waals surface area contributed by atoms with Crippen LogP contribution in [-0.2, 0) is 4.57 Å². The lowest BCUT2D eigenvalue weighted by Gasteiger charge is -2.21. The van der Waals surface area contributed by atoms with Crippen molar-refractivity contribution < 1.29 is 77.3 Å². The largest absolute Gasteiger partial charge is 0.647 e. The highest BCUT2D eigenvalue weighted by Gasteiger charge is 2.37. The lowest BCUT2D eigenvalue weighted by Crippen LogP contribution is -2.09. The molecule has 9 rings (SSSR count). The van der Waals surface area contributed by atoms with Crippen molar-refractivity contribution in [3.05, 3.63) is 140 Å². The van der Waals surface area contributed by atoms with E-state index in [0.29, 0.717) is 0 Å². The molecule has 19 nitrogen and oxygen atoms in total. The van der Waals surface area contributed by atoms with Crippen LogP contribution in [0.3, 0.4) is 0 Å². The molecular weight excluding hydrogens is 875 g/mol. The number of benzene rings is 6. The molecule has 0 radical (unpaired) electrons. The van der Waals surface area contributed by atoms with Gasteiger partial charge in [-0.25, -0.2) is 0 Å². The number of phenolic OH excluding ortho intramolecular Hbond substituents is 6. The third kappa shape index (κ3) is 7.38. The highest BCUT2D eigenvalue weighted by atomic mass is 31.2. The summed E-state index contributed by atoms with van der Waals surface area (Å²) in [7, 11) is -5.55. The average molecular weight is 903 g/mol. The van der Waals surface area contributed by atoms with Crippen molar-refractivity contribution >= 4 is 40.7 Å². The number of hydrogen-bond donors (Lipinski definition) is 9. The maximum atomic E-state index is 15.1. The van der Waals surface area contributed by atoms with E-state index in [4.69, 9.17) is 26.8 Å². The molecule has 9 aromatic rings. The van der Waals surface area contributed by atoms with Crippen LogP contribution in [0.2, 0.25) is 0 Å². The molecule has 0 saturated carbocycles. The van der Waals surface area contributed by atoms with Crippen LogP contribution in [-0.4, -0.2) is 46.0 Å². The fourth-order valence-corrected chi connectivity index (χ4v) is 7.98. The van der Waals surface area contributed by atoms with E-state index in [9.17, 15) is 60.3 Å². The molecule has 3 heterocycles. The first kappa shape index (κ1) is 41.1. The lowest BCUT2D eigenvalue weighted by atomic mass is 10.1. The number of phosphoric acid groups is 1. The van der Waals surface area contributed by atoms with Gasteiger partial charge in [0.25, 0.3) is 0 Å². The van der Waals surface area contributed by atoms with Gasteiger partial charge in [-0.15, -0.1) is 0 Å². The lowest BCUT2D eigenvalue weighted by molar-refractivity contribution is 0.282. The Labute approximate surface area is 360 Å². The highest BCUT2D eigenvalue weighted by molar-refractivity contribution is 7.49. The van der Waals surface area contributed by atoms with Gasteiger partial charge < -0.3 is 72.8 Å². The van der Waals surface area contributed by atoms with E-state index in [1.54, 1.807) is 0 Å². The Hall–Kier alpha value is -9.22. The van der Waals surface area contributed by atoms with Crippen molar-refractivity contribution in [1.29, 1.82) is 0 Å². The number of fused-ring (bicyclic) bond motifs is 3. The molecule has 0 amide bonds. The Kier molecular flexibility index (Phi) is 9.68. The second-order valence-electron chi connectivity index (χ2n) is 14.1.